The number of nitrogens with zero attached hydrogens (tertiary/aromatic N) is 2. The maximum atomic E-state index is 12.1. The normalized spacial score (nSPS) is 10.2. The van der Waals surface area contributed by atoms with E-state index in [-0.39, 0.29) is 17.5 Å². The monoisotopic (exact) mass is 337 g/mol. The van der Waals surface area contributed by atoms with Crippen LogP contribution in [0.5, 0.6) is 5.75 Å². The Kier molecular flexibility index (Phi) is 4.59. The van der Waals surface area contributed by atoms with E-state index in [4.69, 9.17) is 21.6 Å². The number of ether oxygens (including phenoxy) is 1. The fraction of sp³-hybridized carbons (Fsp3) is 0.0556. The van der Waals surface area contributed by atoms with Gasteiger partial charge in [-0.15, -0.1) is 0 Å². The van der Waals surface area contributed by atoms with Crippen molar-refractivity contribution in [1.29, 1.82) is 5.26 Å². The topological polar surface area (TPSA) is 75.0 Å². The molecule has 0 saturated carbocycles. The van der Waals surface area contributed by atoms with Gasteiger partial charge in [-0.1, -0.05) is 17.7 Å². The van der Waals surface area contributed by atoms with Crippen molar-refractivity contribution in [3.05, 3.63) is 65.3 Å². The smallest absolute Gasteiger partial charge is 0.262 e. The minimum atomic E-state index is -0.313. The van der Waals surface area contributed by atoms with Crippen LogP contribution in [-0.4, -0.2) is 17.5 Å². The van der Waals surface area contributed by atoms with Gasteiger partial charge in [-0.3, -0.25) is 9.78 Å². The molecule has 0 atom stereocenters. The van der Waals surface area contributed by atoms with Gasteiger partial charge in [-0.05, 0) is 42.5 Å². The van der Waals surface area contributed by atoms with E-state index >= 15 is 0 Å². The maximum Gasteiger partial charge on any atom is 0.262 e. The minimum absolute atomic E-state index is 0.192. The number of aromatic nitrogens is 1. The molecular weight excluding hydrogens is 326 g/mol. The summed E-state index contributed by atoms with van der Waals surface area (Å²) >= 11 is 6.01. The molecule has 1 aromatic heterocycles. The van der Waals surface area contributed by atoms with Crippen LogP contribution >= 0.6 is 11.6 Å². The Bertz CT molecular complexity index is 945. The summed E-state index contributed by atoms with van der Waals surface area (Å²) in [5.74, 6) is 0.0391. The summed E-state index contributed by atoms with van der Waals surface area (Å²) in [4.78, 5) is 16.4. The van der Waals surface area contributed by atoms with E-state index in [0.717, 1.165) is 10.9 Å². The minimum Gasteiger partial charge on any atom is -0.482 e. The lowest BCUT2D eigenvalue weighted by atomic mass is 10.2. The predicted molar refractivity (Wildman–Crippen MR) is 92.0 cm³/mol. The van der Waals surface area contributed by atoms with Gasteiger partial charge >= 0.3 is 0 Å². The lowest BCUT2D eigenvalue weighted by Crippen LogP contribution is -2.20. The number of anilines is 1. The third-order valence-corrected chi connectivity index (χ3v) is 3.63. The summed E-state index contributed by atoms with van der Waals surface area (Å²) in [5.41, 5.74) is 1.89. The number of amides is 1. The quantitative estimate of drug-likeness (QED) is 0.786. The number of hydrogen-bond donors (Lipinski definition) is 1. The van der Waals surface area contributed by atoms with Gasteiger partial charge in [0, 0.05) is 11.6 Å². The van der Waals surface area contributed by atoms with E-state index in [1.807, 2.05) is 30.3 Å². The van der Waals surface area contributed by atoms with Gasteiger partial charge in [0.15, 0.2) is 6.61 Å². The second-order valence-electron chi connectivity index (χ2n) is 4.97. The number of benzene rings is 2. The van der Waals surface area contributed by atoms with Crippen molar-refractivity contribution < 1.29 is 9.53 Å². The molecule has 1 heterocycles. The van der Waals surface area contributed by atoms with Crippen LogP contribution in [0.4, 0.5) is 5.69 Å². The highest BCUT2D eigenvalue weighted by atomic mass is 35.5. The molecule has 24 heavy (non-hydrogen) atoms. The van der Waals surface area contributed by atoms with E-state index in [2.05, 4.69) is 10.3 Å². The zero-order chi connectivity index (χ0) is 16.9. The molecule has 3 rings (SSSR count). The molecular formula is C18H12ClN3O2. The molecule has 2 aromatic carbocycles. The van der Waals surface area contributed by atoms with Crippen molar-refractivity contribution in [2.24, 2.45) is 0 Å². The number of hydrogen-bond acceptors (Lipinski definition) is 4. The Hall–Kier alpha value is -3.10. The van der Waals surface area contributed by atoms with E-state index in [1.165, 1.54) is 6.07 Å². The first kappa shape index (κ1) is 15.8. The summed E-state index contributed by atoms with van der Waals surface area (Å²) < 4.78 is 5.41. The number of fused-ring (bicyclic) bond motifs is 1. The Morgan fingerprint density at radius 3 is 2.92 bits per heavy atom. The highest BCUT2D eigenvalue weighted by molar-refractivity contribution is 6.32. The predicted octanol–water partition coefficient (Wildman–Crippen LogP) is 3.78. The summed E-state index contributed by atoms with van der Waals surface area (Å²) in [7, 11) is 0. The summed E-state index contributed by atoms with van der Waals surface area (Å²) in [5, 5.41) is 12.7. The number of pyridine rings is 1. The first-order chi connectivity index (χ1) is 11.7. The molecule has 0 spiro atoms. The molecule has 5 nitrogen and oxygen atoms in total. The molecule has 0 saturated heterocycles. The molecule has 0 unspecified atom stereocenters. The van der Waals surface area contributed by atoms with Crippen LogP contribution in [0, 0.1) is 11.3 Å². The van der Waals surface area contributed by atoms with E-state index < -0.39 is 0 Å². The zero-order valence-electron chi connectivity index (χ0n) is 12.5. The molecule has 0 aliphatic rings. The Morgan fingerprint density at radius 2 is 2.12 bits per heavy atom. The molecule has 6 heteroatoms. The van der Waals surface area contributed by atoms with Crippen LogP contribution < -0.4 is 10.1 Å². The van der Waals surface area contributed by atoms with Gasteiger partial charge in [-0.25, -0.2) is 0 Å². The Morgan fingerprint density at radius 1 is 1.25 bits per heavy atom. The van der Waals surface area contributed by atoms with Gasteiger partial charge in [0.05, 0.1) is 27.9 Å². The number of nitriles is 1. The van der Waals surface area contributed by atoms with Crippen molar-refractivity contribution in [3.63, 3.8) is 0 Å². The molecule has 0 fully saturated rings. The van der Waals surface area contributed by atoms with E-state index in [9.17, 15) is 4.79 Å². The van der Waals surface area contributed by atoms with Gasteiger partial charge in [0.1, 0.15) is 5.75 Å². The lowest BCUT2D eigenvalue weighted by molar-refractivity contribution is -0.118. The molecule has 0 aliphatic carbocycles. The second-order valence-corrected chi connectivity index (χ2v) is 5.38. The third-order valence-electron chi connectivity index (χ3n) is 3.34. The average Bonchev–Trinajstić information content (AvgIpc) is 2.61. The highest BCUT2D eigenvalue weighted by Gasteiger charge is 2.09. The Balaban J connectivity index is 1.69. The summed E-state index contributed by atoms with van der Waals surface area (Å²) in [6.45, 7) is -0.192. The largest absolute Gasteiger partial charge is 0.482 e. The lowest BCUT2D eigenvalue weighted by Gasteiger charge is -2.10. The maximum absolute atomic E-state index is 12.1. The fourth-order valence-electron chi connectivity index (χ4n) is 2.23. The first-order valence-corrected chi connectivity index (χ1v) is 7.51. The Labute approximate surface area is 143 Å². The van der Waals surface area contributed by atoms with Crippen molar-refractivity contribution in [2.45, 2.75) is 0 Å². The van der Waals surface area contributed by atoms with Crippen molar-refractivity contribution in [2.75, 3.05) is 11.9 Å². The molecule has 1 amide bonds. The van der Waals surface area contributed by atoms with Crippen LogP contribution in [0.2, 0.25) is 5.02 Å². The standard InChI is InChI=1S/C18H12ClN3O2/c19-14-9-12(10-20)6-7-17(14)24-11-18(23)22-16-5-1-4-15-13(16)3-2-8-21-15/h1-9H,11H2,(H,22,23). The van der Waals surface area contributed by atoms with Crippen molar-refractivity contribution >= 4 is 34.1 Å². The molecule has 3 aromatic rings. The molecule has 0 bridgehead atoms. The van der Waals surface area contributed by atoms with Gasteiger partial charge in [-0.2, -0.15) is 5.26 Å². The van der Waals surface area contributed by atoms with Gasteiger partial charge in [0.2, 0.25) is 0 Å². The molecule has 0 aliphatic heterocycles. The van der Waals surface area contributed by atoms with Gasteiger partial charge in [0.25, 0.3) is 5.91 Å². The van der Waals surface area contributed by atoms with E-state index in [1.54, 1.807) is 24.4 Å². The first-order valence-electron chi connectivity index (χ1n) is 7.13. The second kappa shape index (κ2) is 6.99. The van der Waals surface area contributed by atoms with Crippen LogP contribution in [-0.2, 0) is 4.79 Å². The SMILES string of the molecule is N#Cc1ccc(OCC(=O)Nc2cccc3ncccc23)c(Cl)c1. The number of nitrogens with one attached hydrogen (secondary N) is 1. The molecule has 1 N–H and O–H groups in total. The molecule has 0 radical (unpaired) electrons. The van der Waals surface area contributed by atoms with Crippen LogP contribution in [0.15, 0.2) is 54.7 Å². The highest BCUT2D eigenvalue weighted by Crippen LogP contribution is 2.25. The van der Waals surface area contributed by atoms with Crippen molar-refractivity contribution in [1.82, 2.24) is 4.98 Å². The summed E-state index contributed by atoms with van der Waals surface area (Å²) in [6, 6.07) is 15.8. The number of carbonyl (C=O) groups is 1. The summed E-state index contributed by atoms with van der Waals surface area (Å²) in [6.07, 6.45) is 1.70. The van der Waals surface area contributed by atoms with Crippen LogP contribution in [0.25, 0.3) is 10.9 Å². The zero-order valence-corrected chi connectivity index (χ0v) is 13.2. The van der Waals surface area contributed by atoms with Crippen LogP contribution in [0.1, 0.15) is 5.56 Å². The van der Waals surface area contributed by atoms with Gasteiger partial charge < -0.3 is 10.1 Å². The third kappa shape index (κ3) is 3.45. The number of carbonyl (C=O) groups excluding carboxylic acids is 1. The fourth-order valence-corrected chi connectivity index (χ4v) is 2.46. The van der Waals surface area contributed by atoms with Crippen molar-refractivity contribution in [3.8, 4) is 11.8 Å². The van der Waals surface area contributed by atoms with E-state index in [0.29, 0.717) is 17.0 Å². The number of halogens is 1. The number of rotatable bonds is 4. The average molecular weight is 338 g/mol. The molecule has 118 valence electrons. The van der Waals surface area contributed by atoms with Crippen LogP contribution in [0.3, 0.4) is 0 Å².